The fourth-order valence-corrected chi connectivity index (χ4v) is 5.04. The van der Waals surface area contributed by atoms with Crippen LogP contribution >= 0.6 is 0 Å². The Morgan fingerprint density at radius 2 is 1.05 bits per heavy atom. The van der Waals surface area contributed by atoms with Crippen LogP contribution < -0.4 is 0 Å². The van der Waals surface area contributed by atoms with Gasteiger partial charge in [-0.05, 0) is 34.4 Å². The molecule has 0 unspecified atom stereocenters. The normalized spacial score (nSPS) is 22.0. The minimum atomic E-state index is -0.739. The van der Waals surface area contributed by atoms with E-state index in [1.807, 2.05) is 103 Å². The van der Waals surface area contributed by atoms with Crippen LogP contribution in [0.1, 0.15) is 38.7 Å². The topological polar surface area (TPSA) is 72.5 Å². The highest BCUT2D eigenvalue weighted by molar-refractivity contribution is 5.89. The molecular weight excluding hydrogens is 532 g/mol. The molecule has 1 fully saturated rings. The number of hydrogen-bond donors (Lipinski definition) is 0. The molecule has 0 spiro atoms. The highest BCUT2D eigenvalue weighted by Gasteiger charge is 2.49. The molecule has 0 bridgehead atoms. The molecule has 42 heavy (non-hydrogen) atoms. The smallest absolute Gasteiger partial charge is 0.337 e. The largest absolute Gasteiger partial charge is 0.465 e. The predicted molar refractivity (Wildman–Crippen MR) is 157 cm³/mol. The predicted octanol–water partition coefficient (Wildman–Crippen LogP) is 6.27. The Kier molecular flexibility index (Phi) is 10.5. The lowest BCUT2D eigenvalue weighted by atomic mass is 9.92. The molecule has 5 rings (SSSR count). The van der Waals surface area contributed by atoms with Crippen LogP contribution in [0.4, 0.5) is 0 Å². The average molecular weight is 569 g/mol. The lowest BCUT2D eigenvalue weighted by Gasteiger charge is -2.45. The first kappa shape index (κ1) is 29.6. The van der Waals surface area contributed by atoms with Gasteiger partial charge in [0, 0.05) is 7.11 Å². The molecule has 1 saturated heterocycles. The van der Waals surface area contributed by atoms with Crippen LogP contribution in [-0.4, -0.2) is 44.8 Å². The third-order valence-electron chi connectivity index (χ3n) is 7.24. The van der Waals surface area contributed by atoms with E-state index >= 15 is 0 Å². The molecule has 1 aliphatic rings. The minimum Gasteiger partial charge on any atom is -0.465 e. The summed E-state index contributed by atoms with van der Waals surface area (Å²) < 4.78 is 37.1. The molecule has 0 saturated carbocycles. The Labute approximate surface area is 246 Å². The monoisotopic (exact) mass is 568 g/mol. The number of benzene rings is 4. The number of carbonyl (C=O) groups excluding carboxylic acids is 1. The molecule has 5 atom stereocenters. The molecule has 1 heterocycles. The summed E-state index contributed by atoms with van der Waals surface area (Å²) in [6, 6.07) is 37.1. The Morgan fingerprint density at radius 3 is 1.50 bits per heavy atom. The summed E-state index contributed by atoms with van der Waals surface area (Å²) in [5, 5.41) is 0. The van der Waals surface area contributed by atoms with Crippen molar-refractivity contribution in [2.75, 3.05) is 14.2 Å². The zero-order valence-corrected chi connectivity index (χ0v) is 23.8. The van der Waals surface area contributed by atoms with Crippen molar-refractivity contribution in [1.82, 2.24) is 0 Å². The van der Waals surface area contributed by atoms with Gasteiger partial charge in [0.05, 0.1) is 32.5 Å². The number of carbonyl (C=O) groups is 1. The molecule has 4 aromatic rings. The van der Waals surface area contributed by atoms with E-state index in [9.17, 15) is 4.79 Å². The first-order valence-electron chi connectivity index (χ1n) is 14.0. The van der Waals surface area contributed by atoms with Gasteiger partial charge >= 0.3 is 5.97 Å². The molecule has 0 amide bonds. The van der Waals surface area contributed by atoms with Gasteiger partial charge in [-0.2, -0.15) is 0 Å². The lowest BCUT2D eigenvalue weighted by Crippen LogP contribution is -2.57. The maximum absolute atomic E-state index is 12.1. The van der Waals surface area contributed by atoms with Crippen molar-refractivity contribution < 1.29 is 33.2 Å². The minimum absolute atomic E-state index is 0.347. The third-order valence-corrected chi connectivity index (χ3v) is 7.24. The van der Waals surface area contributed by atoms with E-state index in [1.54, 1.807) is 19.2 Å². The standard InChI is InChI=1S/C35H36O7/c1-37-34(36)29-20-18-28(19-21-29)30-31(39-22-25-12-6-3-7-13-25)32(40-23-26-14-8-4-9-15-26)33(35(38-2)42-30)41-24-27-16-10-5-11-17-27/h3-21,30-33,35H,22-24H2,1-2H3/t30-,31-,32+,33-,35-/m1/s1. The fourth-order valence-electron chi connectivity index (χ4n) is 5.04. The van der Waals surface area contributed by atoms with E-state index in [2.05, 4.69) is 0 Å². The maximum Gasteiger partial charge on any atom is 0.337 e. The Morgan fingerprint density at radius 1 is 0.595 bits per heavy atom. The molecule has 7 heteroatoms. The Hall–Kier alpha value is -3.85. The molecule has 0 N–H and O–H groups in total. The number of hydrogen-bond acceptors (Lipinski definition) is 7. The zero-order chi connectivity index (χ0) is 29.1. The second-order valence-electron chi connectivity index (χ2n) is 10.1. The highest BCUT2D eigenvalue weighted by atomic mass is 16.7. The molecular formula is C35H36O7. The van der Waals surface area contributed by atoms with Crippen LogP contribution in [0, 0.1) is 0 Å². The lowest BCUT2D eigenvalue weighted by molar-refractivity contribution is -0.320. The summed E-state index contributed by atoms with van der Waals surface area (Å²) in [5.41, 5.74) is 4.34. The van der Waals surface area contributed by atoms with Gasteiger partial charge in [0.15, 0.2) is 6.29 Å². The summed E-state index contributed by atoms with van der Waals surface area (Å²) in [6.07, 6.45) is -3.02. The molecule has 4 aromatic carbocycles. The quantitative estimate of drug-likeness (QED) is 0.187. The Balaban J connectivity index is 1.48. The van der Waals surface area contributed by atoms with Crippen LogP contribution in [0.3, 0.4) is 0 Å². The van der Waals surface area contributed by atoms with Crippen molar-refractivity contribution in [1.29, 1.82) is 0 Å². The summed E-state index contributed by atoms with van der Waals surface area (Å²) in [6.45, 7) is 1.05. The molecule has 1 aliphatic heterocycles. The van der Waals surface area contributed by atoms with Crippen molar-refractivity contribution in [2.24, 2.45) is 0 Å². The number of methoxy groups -OCH3 is 2. The molecule has 0 radical (unpaired) electrons. The second kappa shape index (κ2) is 14.9. The summed E-state index contributed by atoms with van der Waals surface area (Å²) in [7, 11) is 2.96. The molecule has 0 aliphatic carbocycles. The van der Waals surface area contributed by atoms with E-state index in [1.165, 1.54) is 7.11 Å². The number of esters is 1. The van der Waals surface area contributed by atoms with Crippen LogP contribution in [0.25, 0.3) is 0 Å². The van der Waals surface area contributed by atoms with E-state index in [4.69, 9.17) is 28.4 Å². The van der Waals surface area contributed by atoms with Crippen molar-refractivity contribution in [3.63, 3.8) is 0 Å². The second-order valence-corrected chi connectivity index (χ2v) is 10.1. The zero-order valence-electron chi connectivity index (χ0n) is 23.8. The van der Waals surface area contributed by atoms with Crippen molar-refractivity contribution >= 4 is 5.97 Å². The van der Waals surface area contributed by atoms with E-state index in [-0.39, 0.29) is 0 Å². The van der Waals surface area contributed by atoms with Crippen LogP contribution in [-0.2, 0) is 48.2 Å². The van der Waals surface area contributed by atoms with Gasteiger partial charge in [-0.25, -0.2) is 4.79 Å². The molecule has 218 valence electrons. The van der Waals surface area contributed by atoms with Gasteiger partial charge < -0.3 is 28.4 Å². The van der Waals surface area contributed by atoms with Crippen molar-refractivity contribution in [3.05, 3.63) is 143 Å². The van der Waals surface area contributed by atoms with Gasteiger partial charge in [-0.1, -0.05) is 103 Å². The van der Waals surface area contributed by atoms with Gasteiger partial charge in [0.2, 0.25) is 0 Å². The fraction of sp³-hybridized carbons (Fsp3) is 0.286. The summed E-state index contributed by atoms with van der Waals surface area (Å²) in [5.74, 6) is -0.406. The number of ether oxygens (including phenoxy) is 6. The first-order chi connectivity index (χ1) is 20.7. The van der Waals surface area contributed by atoms with Gasteiger partial charge in [-0.15, -0.1) is 0 Å². The first-order valence-corrected chi connectivity index (χ1v) is 14.0. The molecule has 7 nitrogen and oxygen atoms in total. The van der Waals surface area contributed by atoms with E-state index < -0.39 is 36.7 Å². The van der Waals surface area contributed by atoms with Crippen molar-refractivity contribution in [2.45, 2.75) is 50.5 Å². The van der Waals surface area contributed by atoms with E-state index in [0.29, 0.717) is 25.4 Å². The van der Waals surface area contributed by atoms with Gasteiger partial charge in [-0.3, -0.25) is 0 Å². The van der Waals surface area contributed by atoms with Crippen LogP contribution in [0.5, 0.6) is 0 Å². The Bertz CT molecular complexity index is 1360. The SMILES string of the molecule is COC(=O)c1ccc([C@H]2O[C@@H](OC)[C@H](OCc3ccccc3)[C@@H](OCc3ccccc3)[C@@H]2OCc2ccccc2)cc1. The van der Waals surface area contributed by atoms with Gasteiger partial charge in [0.25, 0.3) is 0 Å². The maximum atomic E-state index is 12.1. The number of rotatable bonds is 12. The highest BCUT2D eigenvalue weighted by Crippen LogP contribution is 2.38. The summed E-state index contributed by atoms with van der Waals surface area (Å²) >= 11 is 0. The molecule has 0 aromatic heterocycles. The van der Waals surface area contributed by atoms with Crippen LogP contribution in [0.2, 0.25) is 0 Å². The van der Waals surface area contributed by atoms with Gasteiger partial charge in [0.1, 0.15) is 24.4 Å². The van der Waals surface area contributed by atoms with Crippen molar-refractivity contribution in [3.8, 4) is 0 Å². The third kappa shape index (κ3) is 7.50. The summed E-state index contributed by atoms with van der Waals surface area (Å²) in [4.78, 5) is 12.1. The van der Waals surface area contributed by atoms with E-state index in [0.717, 1.165) is 22.3 Å². The average Bonchev–Trinajstić information content (AvgIpc) is 3.06. The van der Waals surface area contributed by atoms with Crippen LogP contribution in [0.15, 0.2) is 115 Å².